The van der Waals surface area contributed by atoms with Gasteiger partial charge in [-0.25, -0.2) is 4.98 Å². The average Bonchev–Trinajstić information content (AvgIpc) is 3.93. The normalized spacial score (nSPS) is 12.2. The molecule has 0 atom stereocenters. The van der Waals surface area contributed by atoms with Crippen LogP contribution in [0.5, 0.6) is 5.75 Å². The zero-order valence-corrected chi connectivity index (χ0v) is 43.8. The van der Waals surface area contributed by atoms with Crippen molar-refractivity contribution in [1.29, 1.82) is 0 Å². The van der Waals surface area contributed by atoms with Crippen molar-refractivity contribution in [3.8, 4) is 62.0 Å². The third kappa shape index (κ3) is 8.30. The van der Waals surface area contributed by atoms with Crippen LogP contribution in [-0.2, 0) is 37.3 Å². The van der Waals surface area contributed by atoms with Gasteiger partial charge in [-0.3, -0.25) is 9.55 Å². The van der Waals surface area contributed by atoms with E-state index in [9.17, 15) is 5.11 Å². The Bertz CT molecular complexity index is 3760. The van der Waals surface area contributed by atoms with E-state index in [1.807, 2.05) is 6.20 Å². The van der Waals surface area contributed by atoms with Gasteiger partial charge in [-0.05, 0) is 70.0 Å². The van der Waals surface area contributed by atoms with Crippen LogP contribution >= 0.6 is 0 Å². The minimum Gasteiger partial charge on any atom is -0.507 e. The molecule has 3 heterocycles. The Kier molecular flexibility index (Phi) is 12.1. The fourth-order valence-corrected chi connectivity index (χ4v) is 10.3. The van der Waals surface area contributed by atoms with Gasteiger partial charge in [0.05, 0.1) is 27.8 Å². The summed E-state index contributed by atoms with van der Waals surface area (Å²) in [5, 5.41) is 14.9. The van der Waals surface area contributed by atoms with E-state index in [1.165, 1.54) is 5.56 Å². The molecule has 71 heavy (non-hydrogen) atoms. The minimum absolute atomic E-state index is 0. The molecule has 5 nitrogen and oxygen atoms in total. The molecular weight excluding hydrogens is 1050 g/mol. The Hall–Kier alpha value is -7.33. The number of phenols is 1. The molecule has 0 spiro atoms. The summed E-state index contributed by atoms with van der Waals surface area (Å²) in [5.74, 6) is 0.906. The summed E-state index contributed by atoms with van der Waals surface area (Å²) < 4.78 is 4.60. The second-order valence-corrected chi connectivity index (χ2v) is 21.2. The molecule has 0 aliphatic rings. The maximum absolute atomic E-state index is 12.6. The van der Waals surface area contributed by atoms with Crippen molar-refractivity contribution < 1.29 is 26.2 Å². The molecule has 0 bridgehead atoms. The van der Waals surface area contributed by atoms with Crippen LogP contribution in [0.1, 0.15) is 77.6 Å². The summed E-state index contributed by atoms with van der Waals surface area (Å²) in [6, 6.07) is 70.5. The first-order chi connectivity index (χ1) is 33.7. The first-order valence-corrected chi connectivity index (χ1v) is 24.3. The van der Waals surface area contributed by atoms with Gasteiger partial charge in [-0.15, -0.1) is 29.3 Å². The largest absolute Gasteiger partial charge is 0.507 e. The number of rotatable bonds is 8. The number of imidazole rings is 1. The third-order valence-electron chi connectivity index (χ3n) is 14.2. The van der Waals surface area contributed by atoms with E-state index < -0.39 is 5.41 Å². The van der Waals surface area contributed by atoms with Crippen LogP contribution in [0, 0.1) is 6.07 Å². The Morgan fingerprint density at radius 1 is 0.493 bits per heavy atom. The number of hydrogen-bond donors (Lipinski definition) is 1. The number of nitrogens with zero attached hydrogens (tertiary/aromatic N) is 4. The maximum atomic E-state index is 12.6. The topological polar surface area (TPSA) is 55.9 Å². The van der Waals surface area contributed by atoms with Crippen LogP contribution < -0.4 is 0 Å². The zero-order chi connectivity index (χ0) is 48.5. The van der Waals surface area contributed by atoms with Gasteiger partial charge in [0, 0.05) is 71.5 Å². The molecule has 11 rings (SSSR count). The number of phenolic OH excluding ortho intramolecular Hbond substituents is 1. The second kappa shape index (κ2) is 18.1. The molecule has 0 unspecified atom stereocenters. The Morgan fingerprint density at radius 2 is 1.11 bits per heavy atom. The van der Waals surface area contributed by atoms with Crippen molar-refractivity contribution in [1.82, 2.24) is 19.1 Å². The number of benzene rings is 8. The molecule has 354 valence electrons. The zero-order valence-electron chi connectivity index (χ0n) is 41.5. The molecule has 0 radical (unpaired) electrons. The monoisotopic (exact) mass is 1100 g/mol. The molecule has 3 aromatic heterocycles. The van der Waals surface area contributed by atoms with E-state index in [1.54, 1.807) is 0 Å². The molecule has 0 fully saturated rings. The van der Waals surface area contributed by atoms with Crippen molar-refractivity contribution in [3.05, 3.63) is 223 Å². The Balaban J connectivity index is 0.00000582. The molecule has 0 amide bonds. The summed E-state index contributed by atoms with van der Waals surface area (Å²) in [6.07, 6.45) is 1.94. The van der Waals surface area contributed by atoms with E-state index in [0.717, 1.165) is 94.4 Å². The van der Waals surface area contributed by atoms with Gasteiger partial charge in [0.1, 0.15) is 11.6 Å². The molecule has 1 N–H and O–H groups in total. The molecule has 6 heteroatoms. The number of aromatic nitrogens is 4. The summed E-state index contributed by atoms with van der Waals surface area (Å²) in [7, 11) is 0. The van der Waals surface area contributed by atoms with Crippen LogP contribution in [0.3, 0.4) is 0 Å². The van der Waals surface area contributed by atoms with Crippen LogP contribution in [0.15, 0.2) is 194 Å². The number of para-hydroxylation sites is 4. The number of fused-ring (bicyclic) bond motifs is 4. The number of hydrogen-bond acceptors (Lipinski definition) is 3. The van der Waals surface area contributed by atoms with E-state index in [2.05, 4.69) is 259 Å². The summed E-state index contributed by atoms with van der Waals surface area (Å²) in [5.41, 5.74) is 15.7. The van der Waals surface area contributed by atoms with Crippen molar-refractivity contribution in [2.75, 3.05) is 0 Å². The van der Waals surface area contributed by atoms with E-state index in [-0.39, 0.29) is 37.6 Å². The van der Waals surface area contributed by atoms with Gasteiger partial charge in [0.2, 0.25) is 0 Å². The molecule has 0 aliphatic heterocycles. The van der Waals surface area contributed by atoms with Crippen LogP contribution in [0.2, 0.25) is 0 Å². The van der Waals surface area contributed by atoms with Gasteiger partial charge in [-0.2, -0.15) is 0 Å². The van der Waals surface area contributed by atoms with Crippen molar-refractivity contribution in [2.24, 2.45) is 0 Å². The van der Waals surface area contributed by atoms with E-state index in [4.69, 9.17) is 9.97 Å². The van der Waals surface area contributed by atoms with E-state index in [0.29, 0.717) is 11.4 Å². The average molecular weight is 1110 g/mol. The fraction of sp³-hybridized carbons (Fsp3) is 0.169. The molecule has 11 aromatic rings. The first kappa shape index (κ1) is 47.4. The standard InChI is InChI=1S/C65H57N4O.Pt/c1-63(2,3)46-40-53(61(70)54(41-46)64(4,5)6)62-67-59-50(31-22-34-57(59)69(62)55-32-20-18-29-49(55)42-23-12-9-13-24-42)43-37-44(39-47(38-43)65(7,8)45-25-14-10-15-26-45)58-60-52(35-36-66-58)51-30-19-21-33-56(51)68(60)48-27-16-11-17-28-48;/h9-36,38-41,70H,1-8H3;/q-1;. The molecule has 0 saturated carbocycles. The molecule has 0 aliphatic carbocycles. The predicted octanol–water partition coefficient (Wildman–Crippen LogP) is 16.6. The van der Waals surface area contributed by atoms with Crippen LogP contribution in [-0.4, -0.2) is 24.2 Å². The summed E-state index contributed by atoms with van der Waals surface area (Å²) in [4.78, 5) is 11.0. The smallest absolute Gasteiger partial charge is 0.148 e. The fourth-order valence-electron chi connectivity index (χ4n) is 10.3. The van der Waals surface area contributed by atoms with Gasteiger partial charge in [0.15, 0.2) is 0 Å². The first-order valence-electron chi connectivity index (χ1n) is 24.3. The summed E-state index contributed by atoms with van der Waals surface area (Å²) in [6.45, 7) is 17.8. The maximum Gasteiger partial charge on any atom is 0.148 e. The molecular formula is C65H57N4OPt-. The molecule has 0 saturated heterocycles. The van der Waals surface area contributed by atoms with Gasteiger partial charge >= 0.3 is 0 Å². The quantitative estimate of drug-likeness (QED) is 0.154. The predicted molar refractivity (Wildman–Crippen MR) is 291 cm³/mol. The van der Waals surface area contributed by atoms with Crippen LogP contribution in [0.4, 0.5) is 0 Å². The van der Waals surface area contributed by atoms with Crippen molar-refractivity contribution in [3.63, 3.8) is 0 Å². The Morgan fingerprint density at radius 3 is 1.83 bits per heavy atom. The number of aromatic hydroxyl groups is 1. The van der Waals surface area contributed by atoms with Crippen LogP contribution in [0.25, 0.3) is 89.1 Å². The summed E-state index contributed by atoms with van der Waals surface area (Å²) >= 11 is 0. The van der Waals surface area contributed by atoms with Gasteiger partial charge in [-0.1, -0.05) is 200 Å². The van der Waals surface area contributed by atoms with Crippen molar-refractivity contribution in [2.45, 2.75) is 71.6 Å². The van der Waals surface area contributed by atoms with E-state index >= 15 is 0 Å². The minimum atomic E-state index is -0.407. The SMILES string of the molecule is CC(C)(C)c1cc(-c2nc3c(-c4[c-]c(-c5nccc6c7ccccc7n(-c7ccccc7)c56)cc(C(C)(C)c5ccccc5)c4)cccc3n2-c2ccccc2-c2ccccc2)c(O)c(C(C)(C)C)c1.[Pt]. The second-order valence-electron chi connectivity index (χ2n) is 21.2. The third-order valence-corrected chi connectivity index (χ3v) is 14.2. The van der Waals surface area contributed by atoms with Gasteiger partial charge in [0.25, 0.3) is 0 Å². The van der Waals surface area contributed by atoms with Gasteiger partial charge < -0.3 is 9.67 Å². The van der Waals surface area contributed by atoms with Crippen molar-refractivity contribution >= 4 is 32.8 Å². The number of pyridine rings is 1. The molecule has 8 aromatic carbocycles. The Labute approximate surface area is 431 Å².